The van der Waals surface area contributed by atoms with E-state index in [-0.39, 0.29) is 17.8 Å². The third kappa shape index (κ3) is 5.07. The maximum Gasteiger partial charge on any atom is 0.407 e. The lowest BCUT2D eigenvalue weighted by Crippen LogP contribution is -2.33. The maximum atomic E-state index is 12.6. The summed E-state index contributed by atoms with van der Waals surface area (Å²) in [6.45, 7) is 8.92. The number of hydrogen-bond acceptors (Lipinski definition) is 5. The number of benzene rings is 1. The molecule has 0 aliphatic carbocycles. The van der Waals surface area contributed by atoms with Gasteiger partial charge in [-0.15, -0.1) is 0 Å². The normalized spacial score (nSPS) is 17.5. The van der Waals surface area contributed by atoms with E-state index in [1.54, 1.807) is 4.57 Å². The topological polar surface area (TPSA) is 92.2 Å². The molecule has 1 aliphatic rings. The summed E-state index contributed by atoms with van der Waals surface area (Å²) in [7, 11) is 0. The van der Waals surface area contributed by atoms with Gasteiger partial charge in [-0.3, -0.25) is 4.57 Å². The number of likely N-dealkylation sites (tertiary alicyclic amines) is 1. The van der Waals surface area contributed by atoms with Crippen LogP contribution in [0.25, 0.3) is 21.9 Å². The van der Waals surface area contributed by atoms with E-state index in [0.29, 0.717) is 12.2 Å². The average molecular weight is 426 g/mol. The van der Waals surface area contributed by atoms with Gasteiger partial charge in [0, 0.05) is 42.1 Å². The monoisotopic (exact) mass is 425 g/mol. The van der Waals surface area contributed by atoms with E-state index in [1.165, 1.54) is 0 Å². The summed E-state index contributed by atoms with van der Waals surface area (Å²) in [5.74, 6) is 0. The van der Waals surface area contributed by atoms with Gasteiger partial charge in [0.15, 0.2) is 0 Å². The van der Waals surface area contributed by atoms with Gasteiger partial charge in [-0.05, 0) is 52.6 Å². The van der Waals surface area contributed by atoms with Crippen molar-refractivity contribution in [3.8, 4) is 0 Å². The number of hydrogen-bond donors (Lipinski definition) is 2. The van der Waals surface area contributed by atoms with Crippen LogP contribution < -0.4 is 11.0 Å². The van der Waals surface area contributed by atoms with Crippen LogP contribution in [0.1, 0.15) is 46.1 Å². The average Bonchev–Trinajstić information content (AvgIpc) is 3.29. The highest BCUT2D eigenvalue weighted by Gasteiger charge is 2.25. The number of H-pyrrole nitrogens is 1. The Labute approximate surface area is 181 Å². The second-order valence-corrected chi connectivity index (χ2v) is 9.24. The van der Waals surface area contributed by atoms with Gasteiger partial charge in [0.1, 0.15) is 11.2 Å². The number of fused-ring (bicyclic) bond motifs is 3. The molecule has 1 aromatic carbocycles. The molecule has 2 N–H and O–H groups in total. The molecule has 0 radical (unpaired) electrons. The van der Waals surface area contributed by atoms with Crippen LogP contribution in [-0.2, 0) is 4.74 Å². The van der Waals surface area contributed by atoms with Gasteiger partial charge < -0.3 is 19.9 Å². The molecule has 8 nitrogen and oxygen atoms in total. The molecule has 3 heterocycles. The Morgan fingerprint density at radius 3 is 2.87 bits per heavy atom. The lowest BCUT2D eigenvalue weighted by atomic mass is 10.2. The molecular formula is C23H31N5O3. The summed E-state index contributed by atoms with van der Waals surface area (Å²) in [4.78, 5) is 34.2. The molecular weight excluding hydrogens is 394 g/mol. The predicted molar refractivity (Wildman–Crippen MR) is 121 cm³/mol. The van der Waals surface area contributed by atoms with E-state index >= 15 is 0 Å². The third-order valence-corrected chi connectivity index (χ3v) is 5.63. The van der Waals surface area contributed by atoms with Gasteiger partial charge in [-0.25, -0.2) is 9.59 Å². The van der Waals surface area contributed by atoms with Crippen molar-refractivity contribution in [2.45, 2.75) is 51.7 Å². The molecule has 4 rings (SSSR count). The van der Waals surface area contributed by atoms with E-state index in [1.807, 2.05) is 45.2 Å². The van der Waals surface area contributed by atoms with Crippen molar-refractivity contribution in [2.75, 3.05) is 26.2 Å². The molecule has 1 fully saturated rings. The van der Waals surface area contributed by atoms with Gasteiger partial charge in [0.05, 0.1) is 6.04 Å². The molecule has 1 atom stereocenters. The van der Waals surface area contributed by atoms with E-state index < -0.39 is 5.60 Å². The zero-order chi connectivity index (χ0) is 22.0. The van der Waals surface area contributed by atoms with Gasteiger partial charge >= 0.3 is 11.8 Å². The molecule has 8 heteroatoms. The minimum Gasteiger partial charge on any atom is -0.444 e. The number of rotatable bonds is 6. The van der Waals surface area contributed by atoms with Gasteiger partial charge in [0.25, 0.3) is 0 Å². The van der Waals surface area contributed by atoms with Crippen molar-refractivity contribution in [3.63, 3.8) is 0 Å². The van der Waals surface area contributed by atoms with Crippen LogP contribution in [0, 0.1) is 0 Å². The molecule has 1 amide bonds. The number of para-hydroxylation sites is 1. The Bertz CT molecular complexity index is 1130. The van der Waals surface area contributed by atoms with Crippen LogP contribution in [0.15, 0.2) is 35.3 Å². The summed E-state index contributed by atoms with van der Waals surface area (Å²) in [5, 5.41) is 4.88. The zero-order valence-electron chi connectivity index (χ0n) is 18.5. The van der Waals surface area contributed by atoms with Crippen molar-refractivity contribution < 1.29 is 9.53 Å². The molecule has 0 spiro atoms. The predicted octanol–water partition coefficient (Wildman–Crippen LogP) is 3.43. The zero-order valence-corrected chi connectivity index (χ0v) is 18.5. The first-order chi connectivity index (χ1) is 14.8. The summed E-state index contributed by atoms with van der Waals surface area (Å²) in [6.07, 6.45) is 4.40. The molecule has 1 saturated heterocycles. The first-order valence-electron chi connectivity index (χ1n) is 11.0. The summed E-state index contributed by atoms with van der Waals surface area (Å²) in [6, 6.07) is 8.16. The van der Waals surface area contributed by atoms with Crippen LogP contribution in [0.3, 0.4) is 0 Å². The first-order valence-corrected chi connectivity index (χ1v) is 11.0. The van der Waals surface area contributed by atoms with Crippen LogP contribution in [0.4, 0.5) is 4.79 Å². The lowest BCUT2D eigenvalue weighted by molar-refractivity contribution is 0.0526. The van der Waals surface area contributed by atoms with Crippen molar-refractivity contribution in [1.82, 2.24) is 24.8 Å². The maximum absolute atomic E-state index is 12.6. The molecule has 1 aliphatic heterocycles. The van der Waals surface area contributed by atoms with Crippen LogP contribution in [-0.4, -0.2) is 57.3 Å². The summed E-state index contributed by atoms with van der Waals surface area (Å²) >= 11 is 0. The Hall–Kier alpha value is -2.87. The number of aromatic amines is 1. The number of alkyl carbamates (subject to hydrolysis) is 1. The fourth-order valence-corrected chi connectivity index (χ4v) is 4.18. The Morgan fingerprint density at radius 1 is 1.26 bits per heavy atom. The van der Waals surface area contributed by atoms with Gasteiger partial charge in [0.2, 0.25) is 0 Å². The summed E-state index contributed by atoms with van der Waals surface area (Å²) < 4.78 is 7.04. The van der Waals surface area contributed by atoms with Crippen molar-refractivity contribution in [1.29, 1.82) is 0 Å². The number of aromatic nitrogens is 3. The molecule has 166 valence electrons. The molecule has 2 aromatic heterocycles. The first kappa shape index (κ1) is 21.4. The highest BCUT2D eigenvalue weighted by molar-refractivity contribution is 6.05. The third-order valence-electron chi connectivity index (χ3n) is 5.63. The fraction of sp³-hybridized carbons (Fsp3) is 0.522. The van der Waals surface area contributed by atoms with Crippen LogP contribution >= 0.6 is 0 Å². The van der Waals surface area contributed by atoms with Crippen LogP contribution in [0.2, 0.25) is 0 Å². The molecule has 31 heavy (non-hydrogen) atoms. The fourth-order valence-electron chi connectivity index (χ4n) is 4.18. The Balaban J connectivity index is 1.30. The van der Waals surface area contributed by atoms with Crippen LogP contribution in [0.5, 0.6) is 0 Å². The highest BCUT2D eigenvalue weighted by atomic mass is 16.6. The number of nitrogens with one attached hydrogen (secondary N) is 2. The number of amides is 1. The number of unbranched alkanes of at least 4 members (excludes halogenated alkanes) is 1. The van der Waals surface area contributed by atoms with E-state index in [9.17, 15) is 9.59 Å². The molecule has 0 bridgehead atoms. The smallest absolute Gasteiger partial charge is 0.407 e. The Morgan fingerprint density at radius 2 is 2.06 bits per heavy atom. The standard InChI is InChI=1S/C23H31N5O3/c1-23(2,3)31-22(30)24-11-6-7-12-27-13-10-16(14-27)28-15-18-17-8-4-5-9-19(17)25-20(18)26-21(28)29/h4-5,8-9,15-16H,6-7,10-14H2,1-3H3,(H,24,30)(H,25,26,29). The largest absolute Gasteiger partial charge is 0.444 e. The molecule has 0 saturated carbocycles. The van der Waals surface area contributed by atoms with Gasteiger partial charge in [-0.2, -0.15) is 4.98 Å². The highest BCUT2D eigenvalue weighted by Crippen LogP contribution is 2.25. The van der Waals surface area contributed by atoms with E-state index in [0.717, 1.165) is 55.2 Å². The minimum absolute atomic E-state index is 0.137. The lowest BCUT2D eigenvalue weighted by Gasteiger charge is -2.20. The number of carbonyl (C=O) groups excluding carboxylic acids is 1. The van der Waals surface area contributed by atoms with E-state index in [2.05, 4.69) is 26.3 Å². The summed E-state index contributed by atoms with van der Waals surface area (Å²) in [5.41, 5.74) is 0.967. The van der Waals surface area contributed by atoms with Crippen molar-refractivity contribution in [3.05, 3.63) is 40.9 Å². The molecule has 1 unspecified atom stereocenters. The number of ether oxygens (including phenoxy) is 1. The second-order valence-electron chi connectivity index (χ2n) is 9.24. The SMILES string of the molecule is CC(C)(C)OC(=O)NCCCCN1CCC(n2cc3c(nc2=O)[nH]c2ccccc23)C1. The van der Waals surface area contributed by atoms with Crippen molar-refractivity contribution >= 4 is 28.0 Å². The minimum atomic E-state index is -0.475. The quantitative estimate of drug-likeness (QED) is 0.591. The molecule has 3 aromatic rings. The van der Waals surface area contributed by atoms with Crippen molar-refractivity contribution in [2.24, 2.45) is 0 Å². The van der Waals surface area contributed by atoms with Gasteiger partial charge in [-0.1, -0.05) is 18.2 Å². The Kier molecular flexibility index (Phi) is 6.00. The number of nitrogens with zero attached hydrogens (tertiary/aromatic N) is 3. The van der Waals surface area contributed by atoms with E-state index in [4.69, 9.17) is 4.74 Å². The number of carbonyl (C=O) groups is 1. The second kappa shape index (κ2) is 8.70.